The third kappa shape index (κ3) is 47.1. The molecule has 0 aliphatic rings. The van der Waals surface area contributed by atoms with Gasteiger partial charge in [0.25, 0.3) is 0 Å². The van der Waals surface area contributed by atoms with Crippen molar-refractivity contribution in [3.05, 3.63) is 0 Å². The van der Waals surface area contributed by atoms with Crippen molar-refractivity contribution in [2.45, 2.75) is 0 Å². The molecule has 52 valence electrons. The van der Waals surface area contributed by atoms with Crippen LogP contribution < -0.4 is 0 Å². The summed E-state index contributed by atoms with van der Waals surface area (Å²) in [4.78, 5) is 0. The summed E-state index contributed by atoms with van der Waals surface area (Å²) in [6.07, 6.45) is 0. The van der Waals surface area contributed by atoms with Crippen LogP contribution in [0.5, 0.6) is 0 Å². The molecular formula is H4CoLaMn2NiO2. The summed E-state index contributed by atoms with van der Waals surface area (Å²) >= 11 is 0. The van der Waals surface area contributed by atoms with Crippen LogP contribution in [0.25, 0.3) is 0 Å². The first-order valence-electron chi connectivity index (χ1n) is 0. The first kappa shape index (κ1) is 85.5. The van der Waals surface area contributed by atoms with Gasteiger partial charge >= 0.3 is 0 Å². The molecule has 0 unspecified atom stereocenters. The van der Waals surface area contributed by atoms with Crippen LogP contribution in [-0.2, 0) is 67.4 Å². The van der Waals surface area contributed by atoms with Crippen molar-refractivity contribution in [1.82, 2.24) is 0 Å². The van der Waals surface area contributed by atoms with Gasteiger partial charge in [-0.25, -0.2) is 0 Å². The maximum atomic E-state index is 0. The van der Waals surface area contributed by atoms with Crippen molar-refractivity contribution in [2.24, 2.45) is 0 Å². The summed E-state index contributed by atoms with van der Waals surface area (Å²) < 4.78 is 0. The second-order valence-corrected chi connectivity index (χ2v) is 0. The number of hydrogen-bond acceptors (Lipinski definition) is 0. The van der Waals surface area contributed by atoms with Crippen molar-refractivity contribution in [3.63, 3.8) is 0 Å². The molecule has 4 radical (unpaired) electrons. The fourth-order valence-corrected chi connectivity index (χ4v) is 0. The average molecular weight is 402 g/mol. The first-order chi connectivity index (χ1) is 0. The molecule has 0 saturated carbocycles. The van der Waals surface area contributed by atoms with Crippen LogP contribution in [0.3, 0.4) is 0 Å². The van der Waals surface area contributed by atoms with Crippen LogP contribution in [0.2, 0.25) is 0 Å². The Morgan fingerprint density at radius 2 is 0.714 bits per heavy atom. The van der Waals surface area contributed by atoms with Gasteiger partial charge in [0.1, 0.15) is 0 Å². The summed E-state index contributed by atoms with van der Waals surface area (Å²) in [5.74, 6) is 0. The van der Waals surface area contributed by atoms with E-state index < -0.39 is 0 Å². The Hall–Kier alpha value is 3.15. The smallest absolute Gasteiger partial charge is 0 e. The molecule has 0 atom stereocenters. The second-order valence-electron chi connectivity index (χ2n) is 0. The molecule has 7 heavy (non-hydrogen) atoms. The van der Waals surface area contributed by atoms with Crippen LogP contribution in [0.1, 0.15) is 0 Å². The Bertz CT molecular complexity index is 15.7. The van der Waals surface area contributed by atoms with Gasteiger partial charge in [0.05, 0.1) is 0 Å². The molecule has 0 aromatic rings. The molecule has 0 aliphatic heterocycles. The SMILES string of the molecule is O.O.[Co].[La].[Mn].[Mn].[Ni]. The van der Waals surface area contributed by atoms with E-state index in [1.807, 2.05) is 0 Å². The van der Waals surface area contributed by atoms with Crippen LogP contribution in [0.4, 0.5) is 0 Å². The Kier molecular flexibility index (Phi) is 748. The molecule has 0 heterocycles. The topological polar surface area (TPSA) is 63.0 Å². The molecule has 0 aliphatic carbocycles. The molecule has 0 aromatic heterocycles. The molecule has 0 spiro atoms. The standard InChI is InChI=1S/Co.La.2Mn.Ni.2H2O/h;;;;;2*1H2. The summed E-state index contributed by atoms with van der Waals surface area (Å²) in [6.45, 7) is 0. The second kappa shape index (κ2) is 61.2. The van der Waals surface area contributed by atoms with E-state index in [-0.39, 0.29) is 114 Å². The maximum Gasteiger partial charge on any atom is 0 e. The van der Waals surface area contributed by atoms with E-state index in [1.165, 1.54) is 0 Å². The van der Waals surface area contributed by atoms with Crippen LogP contribution in [0, 0.1) is 35.6 Å². The summed E-state index contributed by atoms with van der Waals surface area (Å²) in [5, 5.41) is 0. The number of hydrogen-bond donors (Lipinski definition) is 0. The van der Waals surface area contributed by atoms with E-state index in [9.17, 15) is 0 Å². The predicted molar refractivity (Wildman–Crippen MR) is 7.23 cm³/mol. The van der Waals surface area contributed by atoms with E-state index in [4.69, 9.17) is 0 Å². The monoisotopic (exact) mass is 402 g/mol. The van der Waals surface area contributed by atoms with E-state index in [0.29, 0.717) is 0 Å². The predicted octanol–water partition coefficient (Wildman–Crippen LogP) is -1.66. The zero-order valence-corrected chi connectivity index (χ0v) is 11.0. The molecule has 0 saturated heterocycles. The van der Waals surface area contributed by atoms with Gasteiger partial charge in [0, 0.05) is 103 Å². The van der Waals surface area contributed by atoms with Gasteiger partial charge in [-0.3, -0.25) is 0 Å². The molecule has 0 rings (SSSR count). The zero-order chi connectivity index (χ0) is 0. The Balaban J connectivity index is 0. The molecule has 0 bridgehead atoms. The summed E-state index contributed by atoms with van der Waals surface area (Å²) in [6, 6.07) is 0. The average Bonchev–Trinajstić information content (AvgIpc) is 0. The molecule has 0 amide bonds. The molecule has 7 heteroatoms. The molecule has 0 fully saturated rings. The fourth-order valence-electron chi connectivity index (χ4n) is 0. The minimum atomic E-state index is 0. The quantitative estimate of drug-likeness (QED) is 0.436. The first-order valence-corrected chi connectivity index (χ1v) is 0. The third-order valence-corrected chi connectivity index (χ3v) is 0. The molecule has 2 nitrogen and oxygen atoms in total. The Labute approximate surface area is 112 Å². The van der Waals surface area contributed by atoms with Crippen LogP contribution in [0.15, 0.2) is 0 Å². The van der Waals surface area contributed by atoms with E-state index in [0.717, 1.165) is 0 Å². The van der Waals surface area contributed by atoms with Gasteiger partial charge in [0.2, 0.25) is 0 Å². The van der Waals surface area contributed by atoms with E-state index in [2.05, 4.69) is 0 Å². The summed E-state index contributed by atoms with van der Waals surface area (Å²) in [7, 11) is 0. The van der Waals surface area contributed by atoms with Crippen molar-refractivity contribution in [2.75, 3.05) is 0 Å². The van der Waals surface area contributed by atoms with Crippen molar-refractivity contribution < 1.29 is 114 Å². The van der Waals surface area contributed by atoms with Gasteiger partial charge in [-0.2, -0.15) is 0 Å². The number of rotatable bonds is 0. The third-order valence-electron chi connectivity index (χ3n) is 0. The zero-order valence-electron chi connectivity index (χ0n) is 2.98. The molecular weight excluding hydrogens is 398 g/mol. The van der Waals surface area contributed by atoms with Gasteiger partial charge in [0.15, 0.2) is 0 Å². The van der Waals surface area contributed by atoms with Crippen LogP contribution in [-0.4, -0.2) is 11.0 Å². The largest absolute Gasteiger partial charge is 0.412 e. The van der Waals surface area contributed by atoms with Gasteiger partial charge in [-0.15, -0.1) is 0 Å². The van der Waals surface area contributed by atoms with Crippen molar-refractivity contribution in [3.8, 4) is 0 Å². The van der Waals surface area contributed by atoms with E-state index >= 15 is 0 Å². The minimum absolute atomic E-state index is 0. The normalized spacial score (nSPS) is 0. The van der Waals surface area contributed by atoms with Gasteiger partial charge < -0.3 is 11.0 Å². The Morgan fingerprint density at radius 1 is 0.714 bits per heavy atom. The fraction of sp³-hybridized carbons (Fsp3) is 0. The van der Waals surface area contributed by atoms with Gasteiger partial charge in [-0.05, 0) is 0 Å². The maximum absolute atomic E-state index is 0. The van der Waals surface area contributed by atoms with E-state index in [1.54, 1.807) is 0 Å². The van der Waals surface area contributed by atoms with Crippen molar-refractivity contribution >= 4 is 0 Å². The Morgan fingerprint density at radius 3 is 0.714 bits per heavy atom. The van der Waals surface area contributed by atoms with Gasteiger partial charge in [-0.1, -0.05) is 0 Å². The summed E-state index contributed by atoms with van der Waals surface area (Å²) in [5.41, 5.74) is 0. The minimum Gasteiger partial charge on any atom is -0.412 e. The molecule has 4 N–H and O–H groups in total. The van der Waals surface area contributed by atoms with Crippen LogP contribution >= 0.6 is 0 Å². The van der Waals surface area contributed by atoms with Crippen molar-refractivity contribution in [1.29, 1.82) is 0 Å². The molecule has 0 aromatic carbocycles.